The molecule has 0 aliphatic rings. The zero-order chi connectivity index (χ0) is 14.8. The van der Waals surface area contributed by atoms with Crippen molar-refractivity contribution in [3.05, 3.63) is 60.2 Å². The van der Waals surface area contributed by atoms with Crippen LogP contribution in [0.4, 0.5) is 0 Å². The number of nitrogens with zero attached hydrogens (tertiary/aromatic N) is 1. The quantitative estimate of drug-likeness (QED) is 0.699. The van der Waals surface area contributed by atoms with Gasteiger partial charge in [0.05, 0.1) is 18.8 Å². The summed E-state index contributed by atoms with van der Waals surface area (Å²) >= 11 is 0. The molecule has 0 aliphatic carbocycles. The Labute approximate surface area is 124 Å². The van der Waals surface area contributed by atoms with E-state index in [-0.39, 0.29) is 0 Å². The van der Waals surface area contributed by atoms with Crippen molar-refractivity contribution in [3.63, 3.8) is 0 Å². The molecule has 108 valence electrons. The SMILES string of the molecule is N#Cc1ccccc1OCCOCCOc1ccccc1. The smallest absolute Gasteiger partial charge is 0.137 e. The molecule has 4 nitrogen and oxygen atoms in total. The molecule has 2 rings (SSSR count). The molecule has 2 aromatic rings. The number of para-hydroxylation sites is 2. The van der Waals surface area contributed by atoms with Crippen molar-refractivity contribution in [1.29, 1.82) is 5.26 Å². The Morgan fingerprint density at radius 3 is 2.19 bits per heavy atom. The predicted octanol–water partition coefficient (Wildman–Crippen LogP) is 3.03. The predicted molar refractivity (Wildman–Crippen MR) is 79.4 cm³/mol. The molecular weight excluding hydrogens is 266 g/mol. The van der Waals surface area contributed by atoms with Gasteiger partial charge in [0.25, 0.3) is 0 Å². The van der Waals surface area contributed by atoms with Gasteiger partial charge in [0, 0.05) is 0 Å². The highest BCUT2D eigenvalue weighted by molar-refractivity contribution is 5.42. The summed E-state index contributed by atoms with van der Waals surface area (Å²) < 4.78 is 16.4. The van der Waals surface area contributed by atoms with Crippen molar-refractivity contribution in [2.24, 2.45) is 0 Å². The summed E-state index contributed by atoms with van der Waals surface area (Å²) in [5, 5.41) is 8.92. The normalized spacial score (nSPS) is 9.86. The number of benzene rings is 2. The molecule has 0 amide bonds. The summed E-state index contributed by atoms with van der Waals surface area (Å²) in [4.78, 5) is 0. The van der Waals surface area contributed by atoms with Crippen molar-refractivity contribution >= 4 is 0 Å². The largest absolute Gasteiger partial charge is 0.491 e. The van der Waals surface area contributed by atoms with Crippen LogP contribution in [-0.4, -0.2) is 26.4 Å². The van der Waals surface area contributed by atoms with Crippen molar-refractivity contribution in [2.45, 2.75) is 0 Å². The molecule has 0 radical (unpaired) electrons. The van der Waals surface area contributed by atoms with E-state index in [1.165, 1.54) is 0 Å². The van der Waals surface area contributed by atoms with Crippen LogP contribution in [0.3, 0.4) is 0 Å². The number of hydrogen-bond acceptors (Lipinski definition) is 4. The van der Waals surface area contributed by atoms with Gasteiger partial charge in [-0.25, -0.2) is 0 Å². The fourth-order valence-electron chi connectivity index (χ4n) is 1.73. The number of rotatable bonds is 8. The Kier molecular flexibility index (Phi) is 6.11. The van der Waals surface area contributed by atoms with Gasteiger partial charge < -0.3 is 14.2 Å². The Balaban J connectivity index is 1.57. The molecule has 0 saturated heterocycles. The summed E-state index contributed by atoms with van der Waals surface area (Å²) in [6, 6.07) is 18.8. The molecule has 0 aliphatic heterocycles. The summed E-state index contributed by atoms with van der Waals surface area (Å²) in [6.07, 6.45) is 0. The van der Waals surface area contributed by atoms with Gasteiger partial charge in [0.2, 0.25) is 0 Å². The first-order valence-electron chi connectivity index (χ1n) is 6.77. The van der Waals surface area contributed by atoms with E-state index in [1.54, 1.807) is 12.1 Å². The van der Waals surface area contributed by atoms with Crippen LogP contribution in [0, 0.1) is 11.3 Å². The summed E-state index contributed by atoms with van der Waals surface area (Å²) in [5.41, 5.74) is 0.532. The van der Waals surface area contributed by atoms with Crippen molar-refractivity contribution in [2.75, 3.05) is 26.4 Å². The standard InChI is InChI=1S/C17H17NO3/c18-14-15-6-4-5-9-17(15)21-13-11-19-10-12-20-16-7-2-1-3-8-16/h1-9H,10-13H2. The minimum atomic E-state index is 0.407. The summed E-state index contributed by atoms with van der Waals surface area (Å²) in [6.45, 7) is 1.86. The average Bonchev–Trinajstić information content (AvgIpc) is 2.55. The minimum Gasteiger partial charge on any atom is -0.491 e. The van der Waals surface area contributed by atoms with Gasteiger partial charge >= 0.3 is 0 Å². The van der Waals surface area contributed by atoms with Crippen LogP contribution in [0.25, 0.3) is 0 Å². The first kappa shape index (κ1) is 14.9. The Morgan fingerprint density at radius 1 is 0.762 bits per heavy atom. The third-order valence-corrected chi connectivity index (χ3v) is 2.73. The zero-order valence-corrected chi connectivity index (χ0v) is 11.7. The first-order valence-corrected chi connectivity index (χ1v) is 6.77. The van der Waals surface area contributed by atoms with E-state index in [1.807, 2.05) is 42.5 Å². The first-order chi connectivity index (χ1) is 10.4. The molecule has 0 unspecified atom stereocenters. The van der Waals surface area contributed by atoms with Crippen LogP contribution in [0.5, 0.6) is 11.5 Å². The van der Waals surface area contributed by atoms with E-state index >= 15 is 0 Å². The van der Waals surface area contributed by atoms with Crippen molar-refractivity contribution < 1.29 is 14.2 Å². The third kappa shape index (κ3) is 5.17. The van der Waals surface area contributed by atoms with Crippen LogP contribution < -0.4 is 9.47 Å². The molecule has 0 bridgehead atoms. The lowest BCUT2D eigenvalue weighted by atomic mass is 10.2. The van der Waals surface area contributed by atoms with Crippen LogP contribution in [0.15, 0.2) is 54.6 Å². The van der Waals surface area contributed by atoms with Crippen molar-refractivity contribution in [1.82, 2.24) is 0 Å². The van der Waals surface area contributed by atoms with E-state index in [0.29, 0.717) is 37.7 Å². The van der Waals surface area contributed by atoms with Crippen LogP contribution in [0.1, 0.15) is 5.56 Å². The Morgan fingerprint density at radius 2 is 1.43 bits per heavy atom. The molecular formula is C17H17NO3. The Hall–Kier alpha value is -2.51. The van der Waals surface area contributed by atoms with Crippen LogP contribution >= 0.6 is 0 Å². The molecule has 4 heteroatoms. The van der Waals surface area contributed by atoms with E-state index in [9.17, 15) is 0 Å². The lowest BCUT2D eigenvalue weighted by Crippen LogP contribution is -2.12. The lowest BCUT2D eigenvalue weighted by Gasteiger charge is -2.09. The molecule has 0 spiro atoms. The molecule has 0 N–H and O–H groups in total. The highest BCUT2D eigenvalue weighted by Crippen LogP contribution is 2.16. The van der Waals surface area contributed by atoms with E-state index in [4.69, 9.17) is 19.5 Å². The van der Waals surface area contributed by atoms with Crippen LogP contribution in [-0.2, 0) is 4.74 Å². The molecule has 0 aromatic heterocycles. The summed E-state index contributed by atoms with van der Waals surface area (Å²) in [7, 11) is 0. The second-order valence-electron chi connectivity index (χ2n) is 4.23. The molecule has 0 fully saturated rings. The molecule has 2 aromatic carbocycles. The maximum atomic E-state index is 8.92. The maximum Gasteiger partial charge on any atom is 0.137 e. The molecule has 0 atom stereocenters. The van der Waals surface area contributed by atoms with Gasteiger partial charge in [-0.2, -0.15) is 5.26 Å². The second kappa shape index (κ2) is 8.62. The number of nitriles is 1. The molecule has 0 heterocycles. The topological polar surface area (TPSA) is 51.5 Å². The lowest BCUT2D eigenvalue weighted by molar-refractivity contribution is 0.0763. The van der Waals surface area contributed by atoms with E-state index in [2.05, 4.69) is 6.07 Å². The minimum absolute atomic E-state index is 0.407. The van der Waals surface area contributed by atoms with Gasteiger partial charge in [-0.3, -0.25) is 0 Å². The highest BCUT2D eigenvalue weighted by atomic mass is 16.5. The zero-order valence-electron chi connectivity index (χ0n) is 11.7. The van der Waals surface area contributed by atoms with Gasteiger partial charge in [0.15, 0.2) is 0 Å². The fraction of sp³-hybridized carbons (Fsp3) is 0.235. The highest BCUT2D eigenvalue weighted by Gasteiger charge is 2.01. The summed E-state index contributed by atoms with van der Waals surface area (Å²) in [5.74, 6) is 1.42. The maximum absolute atomic E-state index is 8.92. The fourth-order valence-corrected chi connectivity index (χ4v) is 1.73. The van der Waals surface area contributed by atoms with Gasteiger partial charge in [-0.05, 0) is 24.3 Å². The van der Waals surface area contributed by atoms with E-state index in [0.717, 1.165) is 5.75 Å². The second-order valence-corrected chi connectivity index (χ2v) is 4.23. The molecule has 0 saturated carbocycles. The van der Waals surface area contributed by atoms with E-state index < -0.39 is 0 Å². The molecule has 21 heavy (non-hydrogen) atoms. The number of ether oxygens (including phenoxy) is 3. The third-order valence-electron chi connectivity index (χ3n) is 2.73. The average molecular weight is 283 g/mol. The van der Waals surface area contributed by atoms with Gasteiger partial charge in [0.1, 0.15) is 30.8 Å². The monoisotopic (exact) mass is 283 g/mol. The van der Waals surface area contributed by atoms with Gasteiger partial charge in [-0.15, -0.1) is 0 Å². The van der Waals surface area contributed by atoms with Crippen molar-refractivity contribution in [3.8, 4) is 17.6 Å². The number of hydrogen-bond donors (Lipinski definition) is 0. The van der Waals surface area contributed by atoms with Gasteiger partial charge in [-0.1, -0.05) is 30.3 Å². The van der Waals surface area contributed by atoms with Crippen LogP contribution in [0.2, 0.25) is 0 Å². The Bertz CT molecular complexity index is 578.